The van der Waals surface area contributed by atoms with Crippen LogP contribution in [0.5, 0.6) is 0 Å². The standard InChI is InChI=1S/C27H20BrN3O2S/c1-17-23(25(32)30-20-13-6-3-7-14-20)24(18-10-4-2-5-11-18)31-26(33)22(34-27(31)29-17)16-19-12-8-9-15-21(19)28/h2-16,24H,1H3,(H,30,32)/b22-16-/t24-/m0/s1. The van der Waals surface area contributed by atoms with E-state index in [1.165, 1.54) is 11.3 Å². The van der Waals surface area contributed by atoms with Gasteiger partial charge in [0.15, 0.2) is 4.80 Å². The molecule has 0 bridgehead atoms. The van der Waals surface area contributed by atoms with Crippen molar-refractivity contribution >= 4 is 44.9 Å². The van der Waals surface area contributed by atoms with E-state index >= 15 is 0 Å². The monoisotopic (exact) mass is 529 g/mol. The highest BCUT2D eigenvalue weighted by Crippen LogP contribution is 2.30. The molecule has 0 radical (unpaired) electrons. The van der Waals surface area contributed by atoms with Crippen molar-refractivity contribution in [1.82, 2.24) is 4.57 Å². The first-order valence-corrected chi connectivity index (χ1v) is 12.3. The first kappa shape index (κ1) is 22.3. The number of rotatable bonds is 4. The number of amides is 1. The minimum atomic E-state index is -0.581. The molecule has 7 heteroatoms. The summed E-state index contributed by atoms with van der Waals surface area (Å²) in [5, 5.41) is 2.96. The average Bonchev–Trinajstić information content (AvgIpc) is 3.15. The Balaban J connectivity index is 1.68. The highest BCUT2D eigenvalue weighted by molar-refractivity contribution is 9.10. The van der Waals surface area contributed by atoms with E-state index in [0.29, 0.717) is 26.3 Å². The maximum absolute atomic E-state index is 13.7. The van der Waals surface area contributed by atoms with E-state index in [1.807, 2.05) is 97.9 Å². The van der Waals surface area contributed by atoms with Gasteiger partial charge in [0.1, 0.15) is 0 Å². The number of fused-ring (bicyclic) bond motifs is 1. The number of thiazole rings is 1. The number of benzene rings is 3. The minimum Gasteiger partial charge on any atom is -0.322 e. The predicted octanol–water partition coefficient (Wildman–Crippen LogP) is 4.64. The van der Waals surface area contributed by atoms with Gasteiger partial charge in [0.2, 0.25) is 0 Å². The largest absolute Gasteiger partial charge is 0.322 e. The van der Waals surface area contributed by atoms with Crippen molar-refractivity contribution in [1.29, 1.82) is 0 Å². The van der Waals surface area contributed by atoms with Gasteiger partial charge in [-0.1, -0.05) is 94.0 Å². The van der Waals surface area contributed by atoms with Crippen LogP contribution in [0.25, 0.3) is 6.08 Å². The molecule has 2 heterocycles. The molecule has 0 fully saturated rings. The van der Waals surface area contributed by atoms with E-state index in [0.717, 1.165) is 15.6 Å². The summed E-state index contributed by atoms with van der Waals surface area (Å²) in [7, 11) is 0. The molecule has 0 saturated carbocycles. The normalized spacial score (nSPS) is 15.6. The lowest BCUT2D eigenvalue weighted by molar-refractivity contribution is -0.113. The van der Waals surface area contributed by atoms with Gasteiger partial charge >= 0.3 is 0 Å². The zero-order chi connectivity index (χ0) is 23.7. The van der Waals surface area contributed by atoms with E-state index in [4.69, 9.17) is 0 Å². The number of carbonyl (C=O) groups is 1. The Morgan fingerprint density at radius 3 is 2.35 bits per heavy atom. The van der Waals surface area contributed by atoms with E-state index in [2.05, 4.69) is 26.2 Å². The van der Waals surface area contributed by atoms with E-state index in [9.17, 15) is 9.59 Å². The fraction of sp³-hybridized carbons (Fsp3) is 0.0741. The number of nitrogens with one attached hydrogen (secondary N) is 1. The molecule has 0 unspecified atom stereocenters. The fourth-order valence-corrected chi connectivity index (χ4v) is 5.45. The third kappa shape index (κ3) is 4.20. The van der Waals surface area contributed by atoms with E-state index in [1.54, 1.807) is 4.57 Å². The highest BCUT2D eigenvalue weighted by atomic mass is 79.9. The van der Waals surface area contributed by atoms with Crippen LogP contribution in [0, 0.1) is 0 Å². The lowest BCUT2D eigenvalue weighted by atomic mass is 9.95. The molecule has 1 aliphatic rings. The SMILES string of the molecule is CC1=C(C(=O)Nc2ccccc2)[C@H](c2ccccc2)n2c(s/c(=C\c3ccccc3Br)c2=O)=N1. The summed E-state index contributed by atoms with van der Waals surface area (Å²) in [5.41, 5.74) is 3.31. The number of halogens is 1. The molecule has 0 saturated heterocycles. The molecule has 1 aliphatic heterocycles. The maximum Gasteiger partial charge on any atom is 0.271 e. The van der Waals surface area contributed by atoms with Crippen molar-refractivity contribution in [2.24, 2.45) is 4.99 Å². The van der Waals surface area contributed by atoms with Gasteiger partial charge < -0.3 is 5.32 Å². The minimum absolute atomic E-state index is 0.175. The quantitative estimate of drug-likeness (QED) is 0.418. The van der Waals surface area contributed by atoms with Crippen LogP contribution in [0.3, 0.4) is 0 Å². The summed E-state index contributed by atoms with van der Waals surface area (Å²) < 4.78 is 3.10. The topological polar surface area (TPSA) is 63.5 Å². The number of para-hydroxylation sites is 1. The molecule has 5 nitrogen and oxygen atoms in total. The molecule has 4 aromatic rings. The van der Waals surface area contributed by atoms with Crippen LogP contribution >= 0.6 is 27.3 Å². The number of carbonyl (C=O) groups excluding carboxylic acids is 1. The van der Waals surface area contributed by atoms with Crippen molar-refractivity contribution < 1.29 is 4.79 Å². The molecular weight excluding hydrogens is 510 g/mol. The van der Waals surface area contributed by atoms with Crippen LogP contribution in [-0.2, 0) is 4.79 Å². The summed E-state index contributed by atoms with van der Waals surface area (Å²) in [6, 6.07) is 26.0. The van der Waals surface area contributed by atoms with Crippen LogP contribution in [0.2, 0.25) is 0 Å². The van der Waals surface area contributed by atoms with Crippen molar-refractivity contribution in [2.75, 3.05) is 5.32 Å². The Hall–Kier alpha value is -3.55. The number of aromatic nitrogens is 1. The molecule has 5 rings (SSSR count). The number of nitrogens with zero attached hydrogens (tertiary/aromatic N) is 2. The van der Waals surface area contributed by atoms with Crippen molar-refractivity contribution in [3.63, 3.8) is 0 Å². The van der Waals surface area contributed by atoms with Crippen LogP contribution in [0.4, 0.5) is 5.69 Å². The van der Waals surface area contributed by atoms with E-state index < -0.39 is 6.04 Å². The average molecular weight is 530 g/mol. The smallest absolute Gasteiger partial charge is 0.271 e. The lowest BCUT2D eigenvalue weighted by Gasteiger charge is -2.25. The first-order chi connectivity index (χ1) is 16.5. The zero-order valence-corrected chi connectivity index (χ0v) is 20.6. The Labute approximate surface area is 208 Å². The number of allylic oxidation sites excluding steroid dienone is 1. The summed E-state index contributed by atoms with van der Waals surface area (Å²) in [6.45, 7) is 1.82. The molecule has 168 valence electrons. The molecule has 0 aliphatic carbocycles. The number of hydrogen-bond donors (Lipinski definition) is 1. The zero-order valence-electron chi connectivity index (χ0n) is 18.2. The number of anilines is 1. The van der Waals surface area contributed by atoms with Gasteiger partial charge in [-0.2, -0.15) is 0 Å². The lowest BCUT2D eigenvalue weighted by Crippen LogP contribution is -2.40. The molecular formula is C27H20BrN3O2S. The number of hydrogen-bond acceptors (Lipinski definition) is 4. The van der Waals surface area contributed by atoms with Crippen LogP contribution in [0.1, 0.15) is 24.1 Å². The van der Waals surface area contributed by atoms with Gasteiger partial charge in [0, 0.05) is 10.2 Å². The van der Waals surface area contributed by atoms with Gasteiger partial charge in [-0.15, -0.1) is 0 Å². The second kappa shape index (κ2) is 9.37. The Morgan fingerprint density at radius 1 is 1.00 bits per heavy atom. The second-order valence-corrected chi connectivity index (χ2v) is 9.70. The molecule has 3 aromatic carbocycles. The molecule has 34 heavy (non-hydrogen) atoms. The van der Waals surface area contributed by atoms with Crippen molar-refractivity contribution in [3.05, 3.63) is 131 Å². The molecule has 1 amide bonds. The van der Waals surface area contributed by atoms with E-state index in [-0.39, 0.29) is 11.5 Å². The highest BCUT2D eigenvalue weighted by Gasteiger charge is 2.32. The Kier molecular flexibility index (Phi) is 6.13. The van der Waals surface area contributed by atoms with Crippen LogP contribution < -0.4 is 20.2 Å². The Morgan fingerprint density at radius 2 is 1.65 bits per heavy atom. The van der Waals surface area contributed by atoms with Gasteiger partial charge in [0.05, 0.1) is 21.8 Å². The third-order valence-electron chi connectivity index (χ3n) is 5.61. The van der Waals surface area contributed by atoms with Gasteiger partial charge in [-0.05, 0) is 42.3 Å². The third-order valence-corrected chi connectivity index (χ3v) is 7.31. The molecule has 0 spiro atoms. The van der Waals surface area contributed by atoms with Crippen molar-refractivity contribution in [2.45, 2.75) is 13.0 Å². The van der Waals surface area contributed by atoms with Crippen molar-refractivity contribution in [3.8, 4) is 0 Å². The summed E-state index contributed by atoms with van der Waals surface area (Å²) in [6.07, 6.45) is 1.86. The first-order valence-electron chi connectivity index (χ1n) is 10.7. The Bertz CT molecular complexity index is 1590. The van der Waals surface area contributed by atoms with Crippen LogP contribution in [0.15, 0.2) is 110 Å². The molecule has 1 atom stereocenters. The fourth-order valence-electron chi connectivity index (χ4n) is 4.02. The summed E-state index contributed by atoms with van der Waals surface area (Å²) >= 11 is 4.88. The van der Waals surface area contributed by atoms with Gasteiger partial charge in [-0.3, -0.25) is 14.2 Å². The van der Waals surface area contributed by atoms with Crippen LogP contribution in [-0.4, -0.2) is 10.5 Å². The summed E-state index contributed by atoms with van der Waals surface area (Å²) in [5.74, 6) is -0.276. The summed E-state index contributed by atoms with van der Waals surface area (Å²) in [4.78, 5) is 32.4. The predicted molar refractivity (Wildman–Crippen MR) is 139 cm³/mol. The van der Waals surface area contributed by atoms with Gasteiger partial charge in [-0.25, -0.2) is 4.99 Å². The molecule has 1 aromatic heterocycles. The second-order valence-electron chi connectivity index (χ2n) is 7.83. The van der Waals surface area contributed by atoms with Gasteiger partial charge in [0.25, 0.3) is 11.5 Å². The maximum atomic E-state index is 13.7. The molecule has 1 N–H and O–H groups in total.